The fourth-order valence-electron chi connectivity index (χ4n) is 3.31. The first-order valence-corrected chi connectivity index (χ1v) is 12.8. The predicted molar refractivity (Wildman–Crippen MR) is 126 cm³/mol. The molecule has 1 N–H and O–H groups in total. The van der Waals surface area contributed by atoms with Crippen LogP contribution in [0.25, 0.3) is 11.3 Å². The van der Waals surface area contributed by atoms with Crippen LogP contribution in [0.4, 0.5) is 0 Å². The monoisotopic (exact) mass is 484 g/mol. The van der Waals surface area contributed by atoms with Crippen LogP contribution in [-0.4, -0.2) is 53.9 Å². The molecule has 33 heavy (non-hydrogen) atoms. The van der Waals surface area contributed by atoms with Crippen molar-refractivity contribution in [2.75, 3.05) is 19.8 Å². The van der Waals surface area contributed by atoms with E-state index >= 15 is 0 Å². The molecule has 8 nitrogen and oxygen atoms in total. The largest absolute Gasteiger partial charge is 0.316 e. The molecular weight excluding hydrogens is 460 g/mol. The van der Waals surface area contributed by atoms with Gasteiger partial charge in [0, 0.05) is 25.7 Å². The van der Waals surface area contributed by atoms with Crippen molar-refractivity contribution >= 4 is 33.6 Å². The lowest BCUT2D eigenvalue weighted by Crippen LogP contribution is -2.32. The quantitative estimate of drug-likeness (QED) is 0.493. The van der Waals surface area contributed by atoms with Gasteiger partial charge in [-0.1, -0.05) is 42.1 Å². The third-order valence-corrected chi connectivity index (χ3v) is 8.02. The van der Waals surface area contributed by atoms with Crippen molar-refractivity contribution < 1.29 is 18.0 Å². The number of rotatable bonds is 8. The summed E-state index contributed by atoms with van der Waals surface area (Å²) in [5, 5.41) is 3.10. The summed E-state index contributed by atoms with van der Waals surface area (Å²) in [7, 11) is -0.716. The van der Waals surface area contributed by atoms with E-state index in [1.54, 1.807) is 0 Å². The summed E-state index contributed by atoms with van der Waals surface area (Å²) in [6, 6.07) is 15.8. The number of sulfonamides is 1. The summed E-state index contributed by atoms with van der Waals surface area (Å²) in [6.45, 7) is 0. The molecule has 0 spiro atoms. The summed E-state index contributed by atoms with van der Waals surface area (Å²) in [5.41, 5.74) is 2.30. The summed E-state index contributed by atoms with van der Waals surface area (Å²) < 4.78 is 27.5. The number of thioether (sulfide) groups is 1. The molecule has 3 aromatic rings. The molecule has 172 valence electrons. The zero-order valence-electron chi connectivity index (χ0n) is 18.3. The van der Waals surface area contributed by atoms with Gasteiger partial charge in [0.05, 0.1) is 22.5 Å². The molecule has 0 bridgehead atoms. The Bertz CT molecular complexity index is 1270. The van der Waals surface area contributed by atoms with Crippen LogP contribution in [0, 0.1) is 0 Å². The minimum Gasteiger partial charge on any atom is -0.316 e. The summed E-state index contributed by atoms with van der Waals surface area (Å²) in [4.78, 5) is 29.4. The zero-order chi connectivity index (χ0) is 23.6. The lowest BCUT2D eigenvalue weighted by Gasteiger charge is -2.12. The zero-order valence-corrected chi connectivity index (χ0v) is 19.9. The van der Waals surface area contributed by atoms with E-state index in [0.29, 0.717) is 6.04 Å². The van der Waals surface area contributed by atoms with Crippen molar-refractivity contribution in [1.82, 2.24) is 19.2 Å². The average Bonchev–Trinajstić information content (AvgIpc) is 3.56. The minimum atomic E-state index is -3.58. The normalized spacial score (nSPS) is 13.8. The second-order valence-corrected chi connectivity index (χ2v) is 11.0. The van der Waals surface area contributed by atoms with E-state index in [4.69, 9.17) is 0 Å². The molecule has 1 fully saturated rings. The van der Waals surface area contributed by atoms with Gasteiger partial charge >= 0.3 is 0 Å². The van der Waals surface area contributed by atoms with Gasteiger partial charge in [-0.3, -0.25) is 14.9 Å². The third kappa shape index (κ3) is 5.18. The highest BCUT2D eigenvalue weighted by Crippen LogP contribution is 2.41. The topological polar surface area (TPSA) is 101 Å². The number of carbonyl (C=O) groups is 2. The maximum atomic E-state index is 12.4. The fourth-order valence-corrected chi connectivity index (χ4v) is 5.06. The summed E-state index contributed by atoms with van der Waals surface area (Å²) in [6.07, 6.45) is 3.98. The van der Waals surface area contributed by atoms with Gasteiger partial charge < -0.3 is 4.57 Å². The molecule has 1 aliphatic rings. The van der Waals surface area contributed by atoms with Gasteiger partial charge in [-0.15, -0.1) is 0 Å². The van der Waals surface area contributed by atoms with Crippen molar-refractivity contribution in [3.8, 4) is 11.3 Å². The van der Waals surface area contributed by atoms with E-state index in [2.05, 4.69) is 14.9 Å². The molecule has 0 saturated heterocycles. The van der Waals surface area contributed by atoms with Crippen LogP contribution < -0.4 is 5.32 Å². The number of benzene rings is 2. The molecule has 0 radical (unpaired) electrons. The van der Waals surface area contributed by atoms with Crippen LogP contribution in [0.3, 0.4) is 0 Å². The second-order valence-electron chi connectivity index (χ2n) is 7.87. The lowest BCUT2D eigenvalue weighted by molar-refractivity contribution is -0.117. The first-order chi connectivity index (χ1) is 15.8. The SMILES string of the molecule is CN(C)S(=O)(=O)c1ccc(C(=O)NC(=O)CSc2ncc(-c3ccccc3)n2C2CC2)cc1. The highest BCUT2D eigenvalue weighted by atomic mass is 32.2. The number of nitrogens with one attached hydrogen (secondary N) is 1. The predicted octanol–water partition coefficient (Wildman–Crippen LogP) is 3.18. The molecule has 2 amide bonds. The van der Waals surface area contributed by atoms with Crippen LogP contribution >= 0.6 is 11.8 Å². The lowest BCUT2D eigenvalue weighted by atomic mass is 10.2. The van der Waals surface area contributed by atoms with Gasteiger partial charge in [-0.25, -0.2) is 17.7 Å². The molecule has 0 atom stereocenters. The van der Waals surface area contributed by atoms with E-state index in [1.807, 2.05) is 36.5 Å². The smallest absolute Gasteiger partial charge is 0.257 e. The Morgan fingerprint density at radius 2 is 1.76 bits per heavy atom. The number of carbonyl (C=O) groups excluding carboxylic acids is 2. The van der Waals surface area contributed by atoms with Crippen molar-refractivity contribution in [3.63, 3.8) is 0 Å². The van der Waals surface area contributed by atoms with Crippen molar-refractivity contribution in [2.24, 2.45) is 0 Å². The molecule has 10 heteroatoms. The molecule has 1 saturated carbocycles. The highest BCUT2D eigenvalue weighted by molar-refractivity contribution is 7.99. The Morgan fingerprint density at radius 3 is 2.36 bits per heavy atom. The Balaban J connectivity index is 1.39. The van der Waals surface area contributed by atoms with Gasteiger partial charge in [0.15, 0.2) is 5.16 Å². The summed E-state index contributed by atoms with van der Waals surface area (Å²) in [5.74, 6) is -0.983. The Morgan fingerprint density at radius 1 is 1.09 bits per heavy atom. The van der Waals surface area contributed by atoms with Gasteiger partial charge in [-0.05, 0) is 42.7 Å². The molecule has 1 aliphatic carbocycles. The van der Waals surface area contributed by atoms with Gasteiger partial charge in [0.1, 0.15) is 0 Å². The standard InChI is InChI=1S/C23H24N4O4S2/c1-26(2)33(30,31)19-12-8-17(9-13-19)22(29)25-21(28)15-32-23-24-14-20(27(23)18-10-11-18)16-6-4-3-5-7-16/h3-9,12-14,18H,10-11,15H2,1-2H3,(H,25,28,29). The van der Waals surface area contributed by atoms with Crippen LogP contribution in [-0.2, 0) is 14.8 Å². The minimum absolute atomic E-state index is 0.0385. The van der Waals surface area contributed by atoms with Crippen LogP contribution in [0.15, 0.2) is 70.8 Å². The van der Waals surface area contributed by atoms with E-state index < -0.39 is 21.8 Å². The summed E-state index contributed by atoms with van der Waals surface area (Å²) >= 11 is 1.29. The van der Waals surface area contributed by atoms with E-state index in [0.717, 1.165) is 33.6 Å². The van der Waals surface area contributed by atoms with Crippen LogP contribution in [0.2, 0.25) is 0 Å². The molecule has 0 aliphatic heterocycles. The first-order valence-electron chi connectivity index (χ1n) is 10.4. The molecule has 4 rings (SSSR count). The van der Waals surface area contributed by atoms with Gasteiger partial charge in [-0.2, -0.15) is 0 Å². The Hall–Kier alpha value is -2.95. The number of aromatic nitrogens is 2. The maximum Gasteiger partial charge on any atom is 0.257 e. The highest BCUT2D eigenvalue weighted by Gasteiger charge is 2.29. The van der Waals surface area contributed by atoms with Crippen molar-refractivity contribution in [3.05, 3.63) is 66.4 Å². The number of amides is 2. The first kappa shape index (κ1) is 23.2. The van der Waals surface area contributed by atoms with Crippen molar-refractivity contribution in [2.45, 2.75) is 28.9 Å². The van der Waals surface area contributed by atoms with E-state index in [9.17, 15) is 18.0 Å². The molecular formula is C23H24N4O4S2. The van der Waals surface area contributed by atoms with Gasteiger partial charge in [0.25, 0.3) is 5.91 Å². The Kier molecular flexibility index (Phi) is 6.68. The average molecular weight is 485 g/mol. The van der Waals surface area contributed by atoms with Gasteiger partial charge in [0.2, 0.25) is 15.9 Å². The number of imide groups is 1. The molecule has 1 aromatic heterocycles. The number of hydrogen-bond donors (Lipinski definition) is 1. The van der Waals surface area contributed by atoms with Crippen LogP contribution in [0.5, 0.6) is 0 Å². The maximum absolute atomic E-state index is 12.4. The van der Waals surface area contributed by atoms with Crippen LogP contribution in [0.1, 0.15) is 29.2 Å². The second kappa shape index (κ2) is 9.50. The number of imidazole rings is 1. The Labute approximate surface area is 197 Å². The number of hydrogen-bond acceptors (Lipinski definition) is 6. The number of nitrogens with zero attached hydrogens (tertiary/aromatic N) is 3. The molecule has 2 aromatic carbocycles. The molecule has 1 heterocycles. The van der Waals surface area contributed by atoms with E-state index in [1.165, 1.54) is 50.1 Å². The van der Waals surface area contributed by atoms with E-state index in [-0.39, 0.29) is 16.2 Å². The fraction of sp³-hybridized carbons (Fsp3) is 0.261. The molecule has 0 unspecified atom stereocenters. The van der Waals surface area contributed by atoms with Crippen molar-refractivity contribution in [1.29, 1.82) is 0 Å². The third-order valence-electron chi connectivity index (χ3n) is 5.22.